The molecule has 0 unspecified atom stereocenters. The highest BCUT2D eigenvalue weighted by Crippen LogP contribution is 2.58. The Morgan fingerprint density at radius 3 is 2.00 bits per heavy atom. The third-order valence-corrected chi connectivity index (χ3v) is 2.94. The molecule has 0 radical (unpaired) electrons. The molecule has 1 spiro atoms. The van der Waals surface area contributed by atoms with E-state index in [1.54, 1.807) is 0 Å². The molecule has 9 heavy (non-hydrogen) atoms. The second-order valence-electron chi connectivity index (χ2n) is 3.59. The SMILES string of the molecule is F[C@@H]1CC12CCCCC2. The third kappa shape index (κ3) is 0.778. The second kappa shape index (κ2) is 1.71. The molecule has 0 nitrogen and oxygen atoms in total. The van der Waals surface area contributed by atoms with Crippen molar-refractivity contribution in [2.75, 3.05) is 0 Å². The quantitative estimate of drug-likeness (QED) is 0.470. The average molecular weight is 128 g/mol. The van der Waals surface area contributed by atoms with Crippen molar-refractivity contribution in [3.63, 3.8) is 0 Å². The summed E-state index contributed by atoms with van der Waals surface area (Å²) in [6, 6.07) is 0. The highest BCUT2D eigenvalue weighted by Gasteiger charge is 2.54. The molecule has 0 saturated heterocycles. The summed E-state index contributed by atoms with van der Waals surface area (Å²) in [5.74, 6) is 0. The fraction of sp³-hybridized carbons (Fsp3) is 1.00. The largest absolute Gasteiger partial charge is 0.247 e. The minimum Gasteiger partial charge on any atom is -0.247 e. The van der Waals surface area contributed by atoms with Crippen LogP contribution in [0.1, 0.15) is 38.5 Å². The molecule has 0 aromatic rings. The van der Waals surface area contributed by atoms with Crippen molar-refractivity contribution in [2.24, 2.45) is 5.41 Å². The first-order valence-corrected chi connectivity index (χ1v) is 3.98. The van der Waals surface area contributed by atoms with E-state index in [-0.39, 0.29) is 5.41 Å². The fourth-order valence-corrected chi connectivity index (χ4v) is 2.07. The van der Waals surface area contributed by atoms with Crippen LogP contribution in [0.3, 0.4) is 0 Å². The molecule has 2 fully saturated rings. The van der Waals surface area contributed by atoms with E-state index in [2.05, 4.69) is 0 Å². The topological polar surface area (TPSA) is 0 Å². The van der Waals surface area contributed by atoms with Crippen LogP contribution in [0.25, 0.3) is 0 Å². The molecule has 0 amide bonds. The molecule has 0 aliphatic heterocycles. The molecule has 52 valence electrons. The van der Waals surface area contributed by atoms with Crippen LogP contribution in [0.4, 0.5) is 4.39 Å². The first kappa shape index (κ1) is 5.70. The maximum atomic E-state index is 12.7. The van der Waals surface area contributed by atoms with Crippen LogP contribution in [0, 0.1) is 5.41 Å². The molecule has 0 aromatic carbocycles. The van der Waals surface area contributed by atoms with Crippen LogP contribution in [0.2, 0.25) is 0 Å². The van der Waals surface area contributed by atoms with Gasteiger partial charge in [0.1, 0.15) is 6.17 Å². The molecule has 1 atom stereocenters. The number of rotatable bonds is 0. The molecular formula is C8H13F. The first-order chi connectivity index (χ1) is 4.33. The van der Waals surface area contributed by atoms with E-state index in [0.717, 1.165) is 6.42 Å². The summed E-state index contributed by atoms with van der Waals surface area (Å²) in [5.41, 5.74) is 0.220. The van der Waals surface area contributed by atoms with Crippen LogP contribution in [0.15, 0.2) is 0 Å². The fourth-order valence-electron chi connectivity index (χ4n) is 2.07. The van der Waals surface area contributed by atoms with Crippen LogP contribution in [-0.4, -0.2) is 6.17 Å². The van der Waals surface area contributed by atoms with E-state index in [1.165, 1.54) is 32.1 Å². The van der Waals surface area contributed by atoms with Crippen molar-refractivity contribution in [3.05, 3.63) is 0 Å². The Morgan fingerprint density at radius 1 is 1.11 bits per heavy atom. The van der Waals surface area contributed by atoms with Crippen LogP contribution >= 0.6 is 0 Å². The van der Waals surface area contributed by atoms with E-state index in [0.29, 0.717) is 0 Å². The highest BCUT2D eigenvalue weighted by molar-refractivity contribution is 5.04. The van der Waals surface area contributed by atoms with Crippen molar-refractivity contribution < 1.29 is 4.39 Å². The van der Waals surface area contributed by atoms with Gasteiger partial charge in [-0.15, -0.1) is 0 Å². The van der Waals surface area contributed by atoms with Gasteiger partial charge in [0.05, 0.1) is 0 Å². The first-order valence-electron chi connectivity index (χ1n) is 3.98. The summed E-state index contributed by atoms with van der Waals surface area (Å²) in [7, 11) is 0. The van der Waals surface area contributed by atoms with Crippen molar-refractivity contribution in [1.29, 1.82) is 0 Å². The minimum absolute atomic E-state index is 0.220. The van der Waals surface area contributed by atoms with Crippen LogP contribution in [0.5, 0.6) is 0 Å². The molecule has 0 bridgehead atoms. The van der Waals surface area contributed by atoms with Gasteiger partial charge in [-0.1, -0.05) is 19.3 Å². The van der Waals surface area contributed by atoms with Crippen LogP contribution in [-0.2, 0) is 0 Å². The number of hydrogen-bond acceptors (Lipinski definition) is 0. The van der Waals surface area contributed by atoms with Crippen molar-refractivity contribution in [3.8, 4) is 0 Å². The van der Waals surface area contributed by atoms with E-state index < -0.39 is 6.17 Å². The lowest BCUT2D eigenvalue weighted by molar-refractivity contribution is 0.270. The molecule has 0 heterocycles. The summed E-state index contributed by atoms with van der Waals surface area (Å²) >= 11 is 0. The van der Waals surface area contributed by atoms with Gasteiger partial charge in [0.25, 0.3) is 0 Å². The van der Waals surface area contributed by atoms with Gasteiger partial charge in [0, 0.05) is 5.41 Å². The van der Waals surface area contributed by atoms with Crippen LogP contribution < -0.4 is 0 Å². The summed E-state index contributed by atoms with van der Waals surface area (Å²) in [5, 5.41) is 0. The Labute approximate surface area is 55.4 Å². The number of hydrogen-bond donors (Lipinski definition) is 0. The summed E-state index contributed by atoms with van der Waals surface area (Å²) < 4.78 is 12.7. The van der Waals surface area contributed by atoms with Gasteiger partial charge in [-0.2, -0.15) is 0 Å². The molecule has 1 heteroatoms. The standard InChI is InChI=1S/C8H13F/c9-7-6-8(7)4-2-1-3-5-8/h7H,1-6H2/t7-/m1/s1. The summed E-state index contributed by atoms with van der Waals surface area (Å²) in [4.78, 5) is 0. The molecule has 2 aliphatic carbocycles. The van der Waals surface area contributed by atoms with Gasteiger partial charge in [-0.3, -0.25) is 0 Å². The Balaban J connectivity index is 1.97. The van der Waals surface area contributed by atoms with Gasteiger partial charge < -0.3 is 0 Å². The maximum absolute atomic E-state index is 12.7. The lowest BCUT2D eigenvalue weighted by atomic mass is 9.86. The summed E-state index contributed by atoms with van der Waals surface area (Å²) in [6.07, 6.45) is 6.71. The van der Waals surface area contributed by atoms with E-state index in [4.69, 9.17) is 0 Å². The molecule has 0 N–H and O–H groups in total. The Hall–Kier alpha value is -0.0700. The zero-order valence-corrected chi connectivity index (χ0v) is 5.70. The molecule has 2 rings (SSSR count). The molecule has 2 saturated carbocycles. The summed E-state index contributed by atoms with van der Waals surface area (Å²) in [6.45, 7) is 0. The van der Waals surface area contributed by atoms with Gasteiger partial charge in [0.15, 0.2) is 0 Å². The minimum atomic E-state index is -0.419. The Kier molecular flexibility index (Phi) is 1.08. The average Bonchev–Trinajstić information content (AvgIpc) is 2.44. The highest BCUT2D eigenvalue weighted by atomic mass is 19.1. The Morgan fingerprint density at radius 2 is 1.67 bits per heavy atom. The number of halogens is 1. The van der Waals surface area contributed by atoms with E-state index in [1.807, 2.05) is 0 Å². The van der Waals surface area contributed by atoms with E-state index in [9.17, 15) is 4.39 Å². The monoisotopic (exact) mass is 128 g/mol. The van der Waals surface area contributed by atoms with Gasteiger partial charge in [-0.05, 0) is 19.3 Å². The van der Waals surface area contributed by atoms with Gasteiger partial charge >= 0.3 is 0 Å². The lowest BCUT2D eigenvalue weighted by Crippen LogP contribution is -2.09. The lowest BCUT2D eigenvalue weighted by Gasteiger charge is -2.19. The smallest absolute Gasteiger partial charge is 0.106 e. The van der Waals surface area contributed by atoms with Crippen molar-refractivity contribution >= 4 is 0 Å². The molecule has 2 aliphatic rings. The van der Waals surface area contributed by atoms with Crippen molar-refractivity contribution in [2.45, 2.75) is 44.7 Å². The van der Waals surface area contributed by atoms with Crippen molar-refractivity contribution in [1.82, 2.24) is 0 Å². The molecule has 0 aromatic heterocycles. The number of alkyl halides is 1. The normalized spacial score (nSPS) is 39.0. The molecular weight excluding hydrogens is 115 g/mol. The Bertz CT molecular complexity index is 114. The van der Waals surface area contributed by atoms with Gasteiger partial charge in [0.2, 0.25) is 0 Å². The van der Waals surface area contributed by atoms with Gasteiger partial charge in [-0.25, -0.2) is 4.39 Å². The van der Waals surface area contributed by atoms with E-state index >= 15 is 0 Å². The predicted molar refractivity (Wildman–Crippen MR) is 35.0 cm³/mol. The zero-order valence-electron chi connectivity index (χ0n) is 5.70. The predicted octanol–water partition coefficient (Wildman–Crippen LogP) is 2.68. The third-order valence-electron chi connectivity index (χ3n) is 2.94. The maximum Gasteiger partial charge on any atom is 0.106 e. The second-order valence-corrected chi connectivity index (χ2v) is 3.59. The zero-order chi connectivity index (χ0) is 6.32.